The van der Waals surface area contributed by atoms with Crippen LogP contribution in [0.3, 0.4) is 0 Å². The summed E-state index contributed by atoms with van der Waals surface area (Å²) in [6, 6.07) is -0.713. The van der Waals surface area contributed by atoms with Gasteiger partial charge in [0.25, 0.3) is 0 Å². The van der Waals surface area contributed by atoms with Crippen LogP contribution in [0.1, 0.15) is 13.8 Å². The molecule has 0 saturated heterocycles. The summed E-state index contributed by atoms with van der Waals surface area (Å²) in [7, 11) is 0. The molecule has 0 amide bonds. The van der Waals surface area contributed by atoms with Crippen LogP contribution in [0.5, 0.6) is 0 Å². The van der Waals surface area contributed by atoms with Gasteiger partial charge in [-0.25, -0.2) is 0 Å². The number of carboxylic acid groups (broad SMARTS) is 1. The van der Waals surface area contributed by atoms with Crippen molar-refractivity contribution in [2.45, 2.75) is 19.9 Å². The van der Waals surface area contributed by atoms with Crippen molar-refractivity contribution < 1.29 is 14.7 Å². The van der Waals surface area contributed by atoms with Gasteiger partial charge in [-0.2, -0.15) is 0 Å². The minimum atomic E-state index is -0.931. The molecule has 0 aliphatic heterocycles. The SMILES string of the molecule is C=O.CC(C)C(N)C(=O)O. The first kappa shape index (κ1) is 11.8. The molecule has 4 nitrogen and oxygen atoms in total. The van der Waals surface area contributed by atoms with Crippen LogP contribution in [0.15, 0.2) is 0 Å². The summed E-state index contributed by atoms with van der Waals surface area (Å²) >= 11 is 0. The molecule has 0 bridgehead atoms. The average molecular weight is 147 g/mol. The largest absolute Gasteiger partial charge is 0.480 e. The molecule has 10 heavy (non-hydrogen) atoms. The zero-order valence-corrected chi connectivity index (χ0v) is 6.20. The van der Waals surface area contributed by atoms with Gasteiger partial charge in [-0.3, -0.25) is 4.79 Å². The van der Waals surface area contributed by atoms with E-state index in [0.29, 0.717) is 0 Å². The molecule has 0 fully saturated rings. The van der Waals surface area contributed by atoms with Gasteiger partial charge >= 0.3 is 5.97 Å². The Hall–Kier alpha value is -0.900. The Morgan fingerprint density at radius 3 is 1.80 bits per heavy atom. The monoisotopic (exact) mass is 147 g/mol. The molecule has 60 valence electrons. The summed E-state index contributed by atoms with van der Waals surface area (Å²) in [6.07, 6.45) is 0. The number of hydrogen-bond donors (Lipinski definition) is 2. The van der Waals surface area contributed by atoms with Crippen LogP contribution in [-0.2, 0) is 9.59 Å². The second-order valence-electron chi connectivity index (χ2n) is 2.11. The Morgan fingerprint density at radius 2 is 1.80 bits per heavy atom. The van der Waals surface area contributed by atoms with Crippen molar-refractivity contribution in [1.82, 2.24) is 0 Å². The second-order valence-corrected chi connectivity index (χ2v) is 2.11. The van der Waals surface area contributed by atoms with Crippen LogP contribution in [0, 0.1) is 5.92 Å². The molecule has 0 radical (unpaired) electrons. The Kier molecular flexibility index (Phi) is 7.37. The van der Waals surface area contributed by atoms with Gasteiger partial charge in [0, 0.05) is 0 Å². The second kappa shape index (κ2) is 6.22. The lowest BCUT2D eigenvalue weighted by Crippen LogP contribution is -2.34. The molecule has 0 aromatic heterocycles. The standard InChI is InChI=1S/C5H11NO2.CH2O/c1-3(2)4(6)5(7)8;1-2/h3-4H,6H2,1-2H3,(H,7,8);1H2. The van der Waals surface area contributed by atoms with Crippen LogP contribution < -0.4 is 5.73 Å². The zero-order chi connectivity index (χ0) is 8.73. The van der Waals surface area contributed by atoms with Crippen LogP contribution in [-0.4, -0.2) is 23.9 Å². The lowest BCUT2D eigenvalue weighted by Gasteiger charge is -2.07. The summed E-state index contributed by atoms with van der Waals surface area (Å²) in [6.45, 7) is 5.55. The molecule has 0 aromatic rings. The third-order valence-corrected chi connectivity index (χ3v) is 1.00. The smallest absolute Gasteiger partial charge is 0.320 e. The van der Waals surface area contributed by atoms with E-state index >= 15 is 0 Å². The van der Waals surface area contributed by atoms with Crippen molar-refractivity contribution >= 4 is 12.8 Å². The highest BCUT2D eigenvalue weighted by Crippen LogP contribution is 1.96. The molecule has 0 spiro atoms. The predicted octanol–water partition coefficient (Wildman–Crippen LogP) is -0.131. The third-order valence-electron chi connectivity index (χ3n) is 1.00. The quantitative estimate of drug-likeness (QED) is 0.570. The lowest BCUT2D eigenvalue weighted by molar-refractivity contribution is -0.139. The van der Waals surface area contributed by atoms with Gasteiger partial charge in [0.1, 0.15) is 12.8 Å². The maximum absolute atomic E-state index is 10.0. The van der Waals surface area contributed by atoms with Crippen molar-refractivity contribution in [2.24, 2.45) is 11.7 Å². The fourth-order valence-corrected chi connectivity index (χ4v) is 0.285. The van der Waals surface area contributed by atoms with Gasteiger partial charge in [-0.1, -0.05) is 13.8 Å². The molecule has 0 aliphatic rings. The molecule has 0 aromatic carbocycles. The summed E-state index contributed by atoms with van der Waals surface area (Å²) < 4.78 is 0. The van der Waals surface area contributed by atoms with E-state index in [1.165, 1.54) is 0 Å². The summed E-state index contributed by atoms with van der Waals surface area (Å²) in [4.78, 5) is 18.0. The van der Waals surface area contributed by atoms with Crippen molar-refractivity contribution in [2.75, 3.05) is 0 Å². The minimum Gasteiger partial charge on any atom is -0.480 e. The molecule has 0 aliphatic carbocycles. The Bertz CT molecular complexity index is 103. The number of carbonyl (C=O) groups excluding carboxylic acids is 1. The van der Waals surface area contributed by atoms with Gasteiger partial charge in [0.15, 0.2) is 0 Å². The first-order valence-electron chi connectivity index (χ1n) is 2.83. The fourth-order valence-electron chi connectivity index (χ4n) is 0.285. The minimum absolute atomic E-state index is 0.0208. The van der Waals surface area contributed by atoms with Gasteiger partial charge in [0.05, 0.1) is 0 Å². The maximum Gasteiger partial charge on any atom is 0.320 e. The first-order valence-corrected chi connectivity index (χ1v) is 2.83. The van der Waals surface area contributed by atoms with E-state index in [9.17, 15) is 4.79 Å². The molecule has 1 atom stereocenters. The highest BCUT2D eigenvalue weighted by molar-refractivity contribution is 5.73. The number of carboxylic acids is 1. The third kappa shape index (κ3) is 5.24. The van der Waals surface area contributed by atoms with Crippen molar-refractivity contribution in [3.8, 4) is 0 Å². The van der Waals surface area contributed by atoms with Crippen LogP contribution >= 0.6 is 0 Å². The molecule has 4 heteroatoms. The number of hydrogen-bond acceptors (Lipinski definition) is 3. The van der Waals surface area contributed by atoms with E-state index in [4.69, 9.17) is 15.6 Å². The van der Waals surface area contributed by atoms with Crippen molar-refractivity contribution in [3.63, 3.8) is 0 Å². The van der Waals surface area contributed by atoms with Crippen LogP contribution in [0.2, 0.25) is 0 Å². The fraction of sp³-hybridized carbons (Fsp3) is 0.667. The lowest BCUT2D eigenvalue weighted by atomic mass is 10.1. The van der Waals surface area contributed by atoms with E-state index in [1.807, 2.05) is 6.79 Å². The normalized spacial score (nSPS) is 11.6. The highest BCUT2D eigenvalue weighted by Gasteiger charge is 2.14. The summed E-state index contributed by atoms with van der Waals surface area (Å²) in [5.41, 5.74) is 5.16. The van der Waals surface area contributed by atoms with Crippen molar-refractivity contribution in [3.05, 3.63) is 0 Å². The number of carbonyl (C=O) groups is 2. The van der Waals surface area contributed by atoms with Crippen LogP contribution in [0.25, 0.3) is 0 Å². The van der Waals surface area contributed by atoms with E-state index < -0.39 is 12.0 Å². The number of aliphatic carboxylic acids is 1. The van der Waals surface area contributed by atoms with Gasteiger partial charge in [0.2, 0.25) is 0 Å². The summed E-state index contributed by atoms with van der Waals surface area (Å²) in [5.74, 6) is -0.910. The average Bonchev–Trinajstić information content (AvgIpc) is 1.90. The molecule has 0 saturated carbocycles. The van der Waals surface area contributed by atoms with E-state index in [0.717, 1.165) is 0 Å². The molecule has 1 unspecified atom stereocenters. The molecular weight excluding hydrogens is 134 g/mol. The Morgan fingerprint density at radius 1 is 1.50 bits per heavy atom. The molecule has 0 rings (SSSR count). The highest BCUT2D eigenvalue weighted by atomic mass is 16.4. The van der Waals surface area contributed by atoms with Crippen LogP contribution in [0.4, 0.5) is 0 Å². The van der Waals surface area contributed by atoms with Gasteiger partial charge < -0.3 is 15.6 Å². The number of rotatable bonds is 2. The first-order chi connectivity index (χ1) is 4.55. The Labute approximate surface area is 60.0 Å². The molecule has 3 N–H and O–H groups in total. The number of nitrogens with two attached hydrogens (primary N) is 1. The van der Waals surface area contributed by atoms with Gasteiger partial charge in [-0.15, -0.1) is 0 Å². The van der Waals surface area contributed by atoms with E-state index in [-0.39, 0.29) is 5.92 Å². The van der Waals surface area contributed by atoms with Gasteiger partial charge in [-0.05, 0) is 5.92 Å². The zero-order valence-electron chi connectivity index (χ0n) is 6.20. The topological polar surface area (TPSA) is 80.4 Å². The van der Waals surface area contributed by atoms with E-state index in [2.05, 4.69) is 0 Å². The Balaban J connectivity index is 0. The molecule has 0 heterocycles. The molecular formula is C6H13NO3. The maximum atomic E-state index is 10.0. The summed E-state index contributed by atoms with van der Waals surface area (Å²) in [5, 5.41) is 8.23. The predicted molar refractivity (Wildman–Crippen MR) is 37.6 cm³/mol. The van der Waals surface area contributed by atoms with Crippen molar-refractivity contribution in [1.29, 1.82) is 0 Å². The van der Waals surface area contributed by atoms with E-state index in [1.54, 1.807) is 13.8 Å².